The van der Waals surface area contributed by atoms with Gasteiger partial charge in [0.25, 0.3) is 0 Å². The van der Waals surface area contributed by atoms with Gasteiger partial charge < -0.3 is 4.74 Å². The fourth-order valence-electron chi connectivity index (χ4n) is 2.35. The van der Waals surface area contributed by atoms with Crippen molar-refractivity contribution in [3.05, 3.63) is 42.1 Å². The normalized spacial score (nSPS) is 15.7. The molecule has 0 atom stereocenters. The Labute approximate surface area is 116 Å². The summed E-state index contributed by atoms with van der Waals surface area (Å²) < 4.78 is 6.41. The molecule has 0 unspecified atom stereocenters. The lowest BCUT2D eigenvalue weighted by Crippen LogP contribution is -2.29. The fourth-order valence-corrected chi connectivity index (χ4v) is 2.35. The lowest BCUT2D eigenvalue weighted by molar-refractivity contribution is -0.146. The molecule has 0 radical (unpaired) electrons. The van der Waals surface area contributed by atoms with Gasteiger partial charge in [0.05, 0.1) is 12.7 Å². The molecule has 0 saturated heterocycles. The summed E-state index contributed by atoms with van der Waals surface area (Å²) in [6.45, 7) is 0. The van der Waals surface area contributed by atoms with E-state index in [-0.39, 0.29) is 5.97 Å². The molecule has 1 heterocycles. The van der Waals surface area contributed by atoms with Gasteiger partial charge in [-0.05, 0) is 12.8 Å². The van der Waals surface area contributed by atoms with Gasteiger partial charge >= 0.3 is 5.97 Å². The highest BCUT2D eigenvalue weighted by molar-refractivity contribution is 5.87. The van der Waals surface area contributed by atoms with Crippen LogP contribution in [0.5, 0.6) is 0 Å². The summed E-state index contributed by atoms with van der Waals surface area (Å²) in [6, 6.07) is 9.44. The first kappa shape index (κ1) is 12.6. The van der Waals surface area contributed by atoms with E-state index in [1.54, 1.807) is 10.9 Å². The number of nitrogens with zero attached hydrogens (tertiary/aromatic N) is 2. The van der Waals surface area contributed by atoms with Crippen LogP contribution in [0.1, 0.15) is 23.2 Å². The van der Waals surface area contributed by atoms with Crippen molar-refractivity contribution in [2.45, 2.75) is 18.4 Å². The Balaban J connectivity index is 2.06. The highest BCUT2D eigenvalue weighted by Gasteiger charge is 2.54. The van der Waals surface area contributed by atoms with Gasteiger partial charge in [0, 0.05) is 11.8 Å². The second-order valence-corrected chi connectivity index (χ2v) is 4.88. The number of methoxy groups -OCH3 is 1. The zero-order valence-electron chi connectivity index (χ0n) is 11.1. The molecule has 1 aromatic carbocycles. The summed E-state index contributed by atoms with van der Waals surface area (Å²) in [4.78, 5) is 23.1. The van der Waals surface area contributed by atoms with Crippen LogP contribution in [0.2, 0.25) is 0 Å². The van der Waals surface area contributed by atoms with E-state index in [9.17, 15) is 9.59 Å². The molecule has 0 N–H and O–H groups in total. The zero-order valence-corrected chi connectivity index (χ0v) is 11.1. The number of aromatic nitrogens is 2. The van der Waals surface area contributed by atoms with Gasteiger partial charge in [-0.3, -0.25) is 9.48 Å². The van der Waals surface area contributed by atoms with Crippen LogP contribution in [0.25, 0.3) is 11.3 Å². The Hall–Kier alpha value is -2.43. The summed E-state index contributed by atoms with van der Waals surface area (Å²) in [5.41, 5.74) is 1.20. The minimum Gasteiger partial charge on any atom is -0.467 e. The van der Waals surface area contributed by atoms with Crippen molar-refractivity contribution in [3.63, 3.8) is 0 Å². The molecule has 0 amide bonds. The molecule has 102 valence electrons. The third-order valence-electron chi connectivity index (χ3n) is 3.64. The van der Waals surface area contributed by atoms with E-state index in [1.807, 2.05) is 30.3 Å². The number of rotatable bonds is 4. The molecule has 5 nitrogen and oxygen atoms in total. The summed E-state index contributed by atoms with van der Waals surface area (Å²) in [5.74, 6) is -0.308. The fraction of sp³-hybridized carbons (Fsp3) is 0.267. The van der Waals surface area contributed by atoms with Crippen LogP contribution in [0.4, 0.5) is 0 Å². The minimum absolute atomic E-state index is 0.308. The first-order valence-electron chi connectivity index (χ1n) is 6.40. The molecule has 1 aromatic heterocycles. The van der Waals surface area contributed by atoms with E-state index in [4.69, 9.17) is 4.74 Å². The highest BCUT2D eigenvalue weighted by atomic mass is 16.5. The zero-order chi connectivity index (χ0) is 14.2. The number of hydrogen-bond donors (Lipinski definition) is 0. The molecule has 20 heavy (non-hydrogen) atoms. The third-order valence-corrected chi connectivity index (χ3v) is 3.64. The van der Waals surface area contributed by atoms with E-state index in [0.29, 0.717) is 24.1 Å². The number of carbonyl (C=O) groups is 2. The molecule has 3 rings (SSSR count). The molecular formula is C15H14N2O3. The van der Waals surface area contributed by atoms with Crippen molar-refractivity contribution in [1.82, 2.24) is 9.78 Å². The Kier molecular flexibility index (Phi) is 2.89. The average molecular weight is 270 g/mol. The maximum absolute atomic E-state index is 11.9. The van der Waals surface area contributed by atoms with Gasteiger partial charge in [0.15, 0.2) is 11.8 Å². The first-order valence-corrected chi connectivity index (χ1v) is 6.40. The summed E-state index contributed by atoms with van der Waals surface area (Å²) in [7, 11) is 1.37. The quantitative estimate of drug-likeness (QED) is 0.630. The predicted molar refractivity (Wildman–Crippen MR) is 72.3 cm³/mol. The Bertz CT molecular complexity index is 657. The van der Waals surface area contributed by atoms with Crippen LogP contribution in [-0.4, -0.2) is 29.1 Å². The maximum Gasteiger partial charge on any atom is 0.333 e. The summed E-state index contributed by atoms with van der Waals surface area (Å²) >= 11 is 0. The molecule has 1 saturated carbocycles. The van der Waals surface area contributed by atoms with Crippen LogP contribution in [0, 0.1) is 0 Å². The van der Waals surface area contributed by atoms with Gasteiger partial charge in [-0.1, -0.05) is 30.3 Å². The summed E-state index contributed by atoms with van der Waals surface area (Å²) in [5, 5.41) is 4.44. The van der Waals surface area contributed by atoms with E-state index in [2.05, 4.69) is 5.10 Å². The Morgan fingerprint density at radius 2 is 2.05 bits per heavy atom. The number of hydrogen-bond acceptors (Lipinski definition) is 4. The number of esters is 1. The predicted octanol–water partition coefficient (Wildman–Crippen LogP) is 2.02. The molecule has 1 fully saturated rings. The van der Waals surface area contributed by atoms with Gasteiger partial charge in [-0.15, -0.1) is 0 Å². The van der Waals surface area contributed by atoms with Crippen molar-refractivity contribution < 1.29 is 14.3 Å². The van der Waals surface area contributed by atoms with Crippen LogP contribution >= 0.6 is 0 Å². The second-order valence-electron chi connectivity index (χ2n) is 4.88. The van der Waals surface area contributed by atoms with Crippen molar-refractivity contribution in [2.75, 3.05) is 7.11 Å². The van der Waals surface area contributed by atoms with Gasteiger partial charge in [-0.2, -0.15) is 5.10 Å². The molecule has 5 heteroatoms. The second kappa shape index (κ2) is 4.59. The highest BCUT2D eigenvalue weighted by Crippen LogP contribution is 2.44. The standard InChI is InChI=1S/C15H14N2O3/c1-20-14(19)15(7-8-15)17-9-12(10-18)13(16-17)11-5-3-2-4-6-11/h2-6,9-10H,7-8H2,1H3. The SMILES string of the molecule is COC(=O)C1(n2cc(C=O)c(-c3ccccc3)n2)CC1. The van der Waals surface area contributed by atoms with Crippen LogP contribution in [-0.2, 0) is 15.1 Å². The lowest BCUT2D eigenvalue weighted by atomic mass is 10.1. The van der Waals surface area contributed by atoms with Gasteiger partial charge in [-0.25, -0.2) is 4.79 Å². The van der Waals surface area contributed by atoms with Crippen LogP contribution < -0.4 is 0 Å². The molecule has 2 aromatic rings. The van der Waals surface area contributed by atoms with Gasteiger partial charge in [0.1, 0.15) is 5.69 Å². The molecule has 0 aliphatic heterocycles. The first-order chi connectivity index (χ1) is 9.71. The lowest BCUT2D eigenvalue weighted by Gasteiger charge is -2.12. The topological polar surface area (TPSA) is 61.2 Å². The third kappa shape index (κ3) is 1.82. The van der Waals surface area contributed by atoms with E-state index in [0.717, 1.165) is 11.8 Å². The molecular weight excluding hydrogens is 256 g/mol. The largest absolute Gasteiger partial charge is 0.467 e. The van der Waals surface area contributed by atoms with Crippen molar-refractivity contribution in [1.29, 1.82) is 0 Å². The van der Waals surface area contributed by atoms with Gasteiger partial charge in [0.2, 0.25) is 0 Å². The molecule has 0 spiro atoms. The van der Waals surface area contributed by atoms with Crippen molar-refractivity contribution >= 4 is 12.3 Å². The summed E-state index contributed by atoms with van der Waals surface area (Å²) in [6.07, 6.45) is 3.76. The van der Waals surface area contributed by atoms with Crippen molar-refractivity contribution in [2.24, 2.45) is 0 Å². The van der Waals surface area contributed by atoms with Crippen LogP contribution in [0.15, 0.2) is 36.5 Å². The van der Waals surface area contributed by atoms with E-state index < -0.39 is 5.54 Å². The van der Waals surface area contributed by atoms with E-state index >= 15 is 0 Å². The van der Waals surface area contributed by atoms with Crippen molar-refractivity contribution in [3.8, 4) is 11.3 Å². The average Bonchev–Trinajstić information content (AvgIpc) is 3.20. The monoisotopic (exact) mass is 270 g/mol. The Morgan fingerprint density at radius 3 is 2.60 bits per heavy atom. The molecule has 1 aliphatic carbocycles. The number of benzene rings is 1. The minimum atomic E-state index is -0.723. The number of ether oxygens (including phenoxy) is 1. The molecule has 1 aliphatic rings. The van der Waals surface area contributed by atoms with Crippen LogP contribution in [0.3, 0.4) is 0 Å². The number of carbonyl (C=O) groups excluding carboxylic acids is 2. The molecule has 0 bridgehead atoms. The van der Waals surface area contributed by atoms with E-state index in [1.165, 1.54) is 7.11 Å². The maximum atomic E-state index is 11.9. The Morgan fingerprint density at radius 1 is 1.35 bits per heavy atom. The smallest absolute Gasteiger partial charge is 0.333 e. The number of aldehydes is 1.